The predicted molar refractivity (Wildman–Crippen MR) is 56.5 cm³/mol. The minimum Gasteiger partial charge on any atom is -0.375 e. The quantitative estimate of drug-likeness (QED) is 0.699. The third kappa shape index (κ3) is 3.63. The standard InChI is InChI=1S/C11H19NO3/c1-9(13)7-10-5-3-4-6-12(10)11(14)8-15-2/h10H,3-8H2,1-2H3. The Morgan fingerprint density at radius 3 is 2.73 bits per heavy atom. The maximum Gasteiger partial charge on any atom is 0.248 e. The second kappa shape index (κ2) is 5.85. The van der Waals surface area contributed by atoms with Gasteiger partial charge in [-0.1, -0.05) is 0 Å². The zero-order valence-electron chi connectivity index (χ0n) is 9.49. The van der Waals surface area contributed by atoms with Gasteiger partial charge in [0.2, 0.25) is 5.91 Å². The van der Waals surface area contributed by atoms with Gasteiger partial charge in [-0.25, -0.2) is 0 Å². The Balaban J connectivity index is 2.56. The summed E-state index contributed by atoms with van der Waals surface area (Å²) in [6, 6.07) is 0.0962. The molecule has 0 N–H and O–H groups in total. The first-order valence-electron chi connectivity index (χ1n) is 5.43. The largest absolute Gasteiger partial charge is 0.375 e. The topological polar surface area (TPSA) is 46.6 Å². The molecule has 86 valence electrons. The predicted octanol–water partition coefficient (Wildman–Crippen LogP) is 0.993. The van der Waals surface area contributed by atoms with E-state index in [0.717, 1.165) is 25.8 Å². The Kier molecular flexibility index (Phi) is 4.75. The summed E-state index contributed by atoms with van der Waals surface area (Å²) in [4.78, 5) is 24.5. The zero-order chi connectivity index (χ0) is 11.3. The highest BCUT2D eigenvalue weighted by Gasteiger charge is 2.27. The van der Waals surface area contributed by atoms with Crippen molar-refractivity contribution in [1.29, 1.82) is 0 Å². The number of nitrogens with zero attached hydrogens (tertiary/aromatic N) is 1. The van der Waals surface area contributed by atoms with Crippen molar-refractivity contribution >= 4 is 11.7 Å². The highest BCUT2D eigenvalue weighted by atomic mass is 16.5. The van der Waals surface area contributed by atoms with E-state index in [1.807, 2.05) is 0 Å². The lowest BCUT2D eigenvalue weighted by Crippen LogP contribution is -2.46. The molecule has 1 aliphatic heterocycles. The van der Waals surface area contributed by atoms with E-state index in [4.69, 9.17) is 4.74 Å². The summed E-state index contributed by atoms with van der Waals surface area (Å²) in [5.41, 5.74) is 0. The lowest BCUT2D eigenvalue weighted by molar-refractivity contribution is -0.139. The lowest BCUT2D eigenvalue weighted by atomic mass is 9.98. The number of ether oxygens (including phenoxy) is 1. The van der Waals surface area contributed by atoms with Gasteiger partial charge >= 0.3 is 0 Å². The maximum atomic E-state index is 11.7. The van der Waals surface area contributed by atoms with Gasteiger partial charge in [0, 0.05) is 26.1 Å². The van der Waals surface area contributed by atoms with E-state index in [2.05, 4.69) is 0 Å². The van der Waals surface area contributed by atoms with Crippen LogP contribution in [0, 0.1) is 0 Å². The van der Waals surface area contributed by atoms with Crippen molar-refractivity contribution < 1.29 is 14.3 Å². The Bertz CT molecular complexity index is 240. The molecule has 0 spiro atoms. The highest BCUT2D eigenvalue weighted by molar-refractivity contribution is 5.80. The molecule has 1 rings (SSSR count). The van der Waals surface area contributed by atoms with E-state index in [9.17, 15) is 9.59 Å². The number of carbonyl (C=O) groups excluding carboxylic acids is 2. The van der Waals surface area contributed by atoms with Crippen LogP contribution in [0.4, 0.5) is 0 Å². The fourth-order valence-electron chi connectivity index (χ4n) is 2.08. The number of hydrogen-bond donors (Lipinski definition) is 0. The minimum absolute atomic E-state index is 0.00319. The van der Waals surface area contributed by atoms with E-state index >= 15 is 0 Å². The van der Waals surface area contributed by atoms with Crippen molar-refractivity contribution in [2.24, 2.45) is 0 Å². The van der Waals surface area contributed by atoms with Gasteiger partial charge in [-0.05, 0) is 26.2 Å². The first-order valence-corrected chi connectivity index (χ1v) is 5.43. The van der Waals surface area contributed by atoms with E-state index in [1.165, 1.54) is 7.11 Å². The highest BCUT2D eigenvalue weighted by Crippen LogP contribution is 2.20. The van der Waals surface area contributed by atoms with Crippen LogP contribution in [-0.4, -0.2) is 42.9 Å². The molecule has 4 nitrogen and oxygen atoms in total. The molecule has 1 unspecified atom stereocenters. The van der Waals surface area contributed by atoms with Crippen molar-refractivity contribution in [2.75, 3.05) is 20.3 Å². The molecule has 0 aromatic heterocycles. The second-order valence-electron chi connectivity index (χ2n) is 4.08. The number of hydrogen-bond acceptors (Lipinski definition) is 3. The van der Waals surface area contributed by atoms with Crippen LogP contribution in [0.2, 0.25) is 0 Å². The molecule has 0 aliphatic carbocycles. The van der Waals surface area contributed by atoms with Crippen LogP contribution in [0.25, 0.3) is 0 Å². The fourth-order valence-corrected chi connectivity index (χ4v) is 2.08. The summed E-state index contributed by atoms with van der Waals surface area (Å²) in [6.45, 7) is 2.46. The van der Waals surface area contributed by atoms with Crippen LogP contribution in [-0.2, 0) is 14.3 Å². The molecule has 1 heterocycles. The van der Waals surface area contributed by atoms with E-state index < -0.39 is 0 Å². The maximum absolute atomic E-state index is 11.7. The molecule has 1 saturated heterocycles. The number of amides is 1. The summed E-state index contributed by atoms with van der Waals surface area (Å²) in [5.74, 6) is 0.153. The third-order valence-electron chi connectivity index (χ3n) is 2.74. The molecule has 15 heavy (non-hydrogen) atoms. The monoisotopic (exact) mass is 213 g/mol. The first-order chi connectivity index (χ1) is 7.15. The third-order valence-corrected chi connectivity index (χ3v) is 2.74. The van der Waals surface area contributed by atoms with Gasteiger partial charge in [-0.15, -0.1) is 0 Å². The SMILES string of the molecule is COCC(=O)N1CCCCC1CC(C)=O. The van der Waals surface area contributed by atoms with Crippen LogP contribution < -0.4 is 0 Å². The molecule has 0 bridgehead atoms. The molecule has 0 saturated carbocycles. The molecule has 4 heteroatoms. The number of rotatable bonds is 4. The van der Waals surface area contributed by atoms with Crippen LogP contribution in [0.3, 0.4) is 0 Å². The van der Waals surface area contributed by atoms with E-state index in [-0.39, 0.29) is 24.3 Å². The van der Waals surface area contributed by atoms with Gasteiger partial charge in [-0.3, -0.25) is 9.59 Å². The van der Waals surface area contributed by atoms with Gasteiger partial charge in [0.05, 0.1) is 0 Å². The summed E-state index contributed by atoms with van der Waals surface area (Å²) in [7, 11) is 1.52. The van der Waals surface area contributed by atoms with Gasteiger partial charge in [0.25, 0.3) is 0 Å². The van der Waals surface area contributed by atoms with Gasteiger partial charge < -0.3 is 9.64 Å². The number of Topliss-reactive ketones (excluding diaryl/α,β-unsaturated/α-hetero) is 1. The fraction of sp³-hybridized carbons (Fsp3) is 0.818. The molecular formula is C11H19NO3. The minimum atomic E-state index is 0.00319. The lowest BCUT2D eigenvalue weighted by Gasteiger charge is -2.35. The van der Waals surface area contributed by atoms with Crippen molar-refractivity contribution in [3.8, 4) is 0 Å². The van der Waals surface area contributed by atoms with Crippen LogP contribution >= 0.6 is 0 Å². The summed E-state index contributed by atoms with van der Waals surface area (Å²) in [6.07, 6.45) is 3.56. The van der Waals surface area contributed by atoms with Crippen molar-refractivity contribution in [3.05, 3.63) is 0 Å². The Hall–Kier alpha value is -0.900. The van der Waals surface area contributed by atoms with Crippen molar-refractivity contribution in [1.82, 2.24) is 4.90 Å². The number of ketones is 1. The number of carbonyl (C=O) groups is 2. The molecule has 1 fully saturated rings. The molecule has 0 radical (unpaired) electrons. The smallest absolute Gasteiger partial charge is 0.248 e. The normalized spacial score (nSPS) is 21.5. The molecule has 1 aliphatic rings. The molecule has 1 atom stereocenters. The van der Waals surface area contributed by atoms with E-state index in [1.54, 1.807) is 11.8 Å². The molecular weight excluding hydrogens is 194 g/mol. The summed E-state index contributed by atoms with van der Waals surface area (Å²) in [5, 5.41) is 0. The number of likely N-dealkylation sites (tertiary alicyclic amines) is 1. The molecule has 0 aromatic rings. The average molecular weight is 213 g/mol. The summed E-state index contributed by atoms with van der Waals surface area (Å²) >= 11 is 0. The van der Waals surface area contributed by atoms with E-state index in [0.29, 0.717) is 6.42 Å². The Morgan fingerprint density at radius 2 is 2.13 bits per heavy atom. The number of piperidine rings is 1. The van der Waals surface area contributed by atoms with Gasteiger partial charge in [0.1, 0.15) is 12.4 Å². The van der Waals surface area contributed by atoms with Crippen molar-refractivity contribution in [2.45, 2.75) is 38.6 Å². The molecule has 1 amide bonds. The van der Waals surface area contributed by atoms with Crippen LogP contribution in [0.5, 0.6) is 0 Å². The van der Waals surface area contributed by atoms with Gasteiger partial charge in [-0.2, -0.15) is 0 Å². The zero-order valence-corrected chi connectivity index (χ0v) is 9.49. The number of methoxy groups -OCH3 is 1. The second-order valence-corrected chi connectivity index (χ2v) is 4.08. The Morgan fingerprint density at radius 1 is 1.40 bits per heavy atom. The summed E-state index contributed by atoms with van der Waals surface area (Å²) < 4.78 is 4.83. The Labute approximate surface area is 90.6 Å². The van der Waals surface area contributed by atoms with Crippen molar-refractivity contribution in [3.63, 3.8) is 0 Å². The van der Waals surface area contributed by atoms with Crippen LogP contribution in [0.15, 0.2) is 0 Å². The average Bonchev–Trinajstić information content (AvgIpc) is 2.18. The molecule has 0 aromatic carbocycles. The first kappa shape index (κ1) is 12.2. The van der Waals surface area contributed by atoms with Gasteiger partial charge in [0.15, 0.2) is 0 Å². The van der Waals surface area contributed by atoms with Crippen LogP contribution in [0.1, 0.15) is 32.6 Å².